The van der Waals surface area contributed by atoms with Crippen molar-refractivity contribution in [1.29, 1.82) is 0 Å². The van der Waals surface area contributed by atoms with Crippen LogP contribution in [0.4, 0.5) is 11.5 Å². The molecule has 1 aliphatic rings. The van der Waals surface area contributed by atoms with Gasteiger partial charge < -0.3 is 4.90 Å². The molecule has 0 saturated carbocycles. The molecule has 1 saturated heterocycles. The van der Waals surface area contributed by atoms with Gasteiger partial charge in [0.1, 0.15) is 12.0 Å². The summed E-state index contributed by atoms with van der Waals surface area (Å²) in [4.78, 5) is 17.0. The summed E-state index contributed by atoms with van der Waals surface area (Å²) in [5, 5.41) is 15.1. The zero-order chi connectivity index (χ0) is 15.0. The van der Waals surface area contributed by atoms with Crippen molar-refractivity contribution in [3.8, 4) is 0 Å². The highest BCUT2D eigenvalue weighted by molar-refractivity contribution is 5.50. The largest absolute Gasteiger partial charge is 0.349 e. The predicted molar refractivity (Wildman–Crippen MR) is 78.2 cm³/mol. The molecule has 1 unspecified atom stereocenters. The van der Waals surface area contributed by atoms with Gasteiger partial charge in [0, 0.05) is 30.9 Å². The number of aromatic nitrogens is 3. The van der Waals surface area contributed by atoms with E-state index in [1.54, 1.807) is 17.7 Å². The summed E-state index contributed by atoms with van der Waals surface area (Å²) < 4.78 is 1.79. The first kappa shape index (κ1) is 13.5. The second-order valence-corrected chi connectivity index (χ2v) is 5.38. The van der Waals surface area contributed by atoms with Gasteiger partial charge in [-0.3, -0.25) is 14.8 Å². The average Bonchev–Trinajstić information content (AvgIpc) is 3.06. The zero-order valence-electron chi connectivity index (χ0n) is 12.1. The molecule has 7 nitrogen and oxygen atoms in total. The van der Waals surface area contributed by atoms with Gasteiger partial charge in [0.15, 0.2) is 0 Å². The van der Waals surface area contributed by atoms with Crippen LogP contribution in [0, 0.1) is 17.0 Å². The van der Waals surface area contributed by atoms with Crippen LogP contribution >= 0.6 is 0 Å². The maximum absolute atomic E-state index is 10.9. The fourth-order valence-corrected chi connectivity index (χ4v) is 2.88. The maximum Gasteiger partial charge on any atom is 0.290 e. The maximum atomic E-state index is 10.9. The van der Waals surface area contributed by atoms with Crippen LogP contribution in [-0.2, 0) is 7.05 Å². The Hall–Kier alpha value is -2.44. The van der Waals surface area contributed by atoms with Crippen LogP contribution in [-0.4, -0.2) is 26.2 Å². The van der Waals surface area contributed by atoms with E-state index in [1.807, 2.05) is 19.4 Å². The van der Waals surface area contributed by atoms with Crippen molar-refractivity contribution in [1.82, 2.24) is 14.8 Å². The number of nitrogens with zero attached hydrogens (tertiary/aromatic N) is 5. The van der Waals surface area contributed by atoms with Crippen LogP contribution in [0.1, 0.15) is 30.0 Å². The molecule has 110 valence electrons. The first-order valence-electron chi connectivity index (χ1n) is 6.92. The van der Waals surface area contributed by atoms with Gasteiger partial charge in [-0.25, -0.2) is 4.98 Å². The van der Waals surface area contributed by atoms with Gasteiger partial charge in [0.2, 0.25) is 0 Å². The lowest BCUT2D eigenvalue weighted by Crippen LogP contribution is -2.23. The molecule has 0 amide bonds. The molecule has 0 radical (unpaired) electrons. The van der Waals surface area contributed by atoms with Crippen molar-refractivity contribution in [3.05, 3.63) is 45.9 Å². The standard InChI is InChI=1S/C14H17N5O2/c1-10-6-14(15-8-13(10)19(20)21)18-5-3-4-12(18)11-7-16-17(2)9-11/h6-9,12H,3-5H2,1-2H3. The molecule has 0 aromatic carbocycles. The summed E-state index contributed by atoms with van der Waals surface area (Å²) in [6, 6.07) is 2.04. The highest BCUT2D eigenvalue weighted by Gasteiger charge is 2.28. The third-order valence-electron chi connectivity index (χ3n) is 3.92. The number of aryl methyl sites for hydroxylation is 2. The number of nitro groups is 1. The van der Waals surface area contributed by atoms with Gasteiger partial charge in [0.25, 0.3) is 5.69 Å². The molecule has 7 heteroatoms. The van der Waals surface area contributed by atoms with E-state index in [9.17, 15) is 10.1 Å². The summed E-state index contributed by atoms with van der Waals surface area (Å²) >= 11 is 0. The van der Waals surface area contributed by atoms with Crippen molar-refractivity contribution in [2.75, 3.05) is 11.4 Å². The molecular formula is C14H17N5O2. The Bertz CT molecular complexity index is 682. The molecule has 21 heavy (non-hydrogen) atoms. The van der Waals surface area contributed by atoms with Crippen LogP contribution < -0.4 is 4.90 Å². The van der Waals surface area contributed by atoms with Gasteiger partial charge in [-0.2, -0.15) is 5.10 Å². The summed E-state index contributed by atoms with van der Waals surface area (Å²) in [6.07, 6.45) is 7.37. The Kier molecular flexibility index (Phi) is 3.32. The molecule has 1 fully saturated rings. The van der Waals surface area contributed by atoms with Crippen LogP contribution in [0.15, 0.2) is 24.7 Å². The molecule has 3 heterocycles. The quantitative estimate of drug-likeness (QED) is 0.639. The molecular weight excluding hydrogens is 270 g/mol. The van der Waals surface area contributed by atoms with Gasteiger partial charge in [-0.05, 0) is 25.8 Å². The second kappa shape index (κ2) is 5.16. The molecule has 0 spiro atoms. The van der Waals surface area contributed by atoms with Crippen molar-refractivity contribution in [2.24, 2.45) is 7.05 Å². The highest BCUT2D eigenvalue weighted by Crippen LogP contribution is 2.35. The Morgan fingerprint density at radius 2 is 2.24 bits per heavy atom. The minimum atomic E-state index is -0.394. The van der Waals surface area contributed by atoms with E-state index >= 15 is 0 Å². The summed E-state index contributed by atoms with van der Waals surface area (Å²) in [7, 11) is 1.90. The van der Waals surface area contributed by atoms with E-state index in [-0.39, 0.29) is 11.7 Å². The lowest BCUT2D eigenvalue weighted by atomic mass is 10.1. The Morgan fingerprint density at radius 3 is 2.86 bits per heavy atom. The number of hydrogen-bond acceptors (Lipinski definition) is 5. The van der Waals surface area contributed by atoms with E-state index in [2.05, 4.69) is 15.0 Å². The van der Waals surface area contributed by atoms with Gasteiger partial charge in [0.05, 0.1) is 17.2 Å². The van der Waals surface area contributed by atoms with Crippen molar-refractivity contribution in [2.45, 2.75) is 25.8 Å². The Labute approximate surface area is 122 Å². The Balaban J connectivity index is 1.92. The average molecular weight is 287 g/mol. The molecule has 3 rings (SSSR count). The van der Waals surface area contributed by atoms with Gasteiger partial charge >= 0.3 is 0 Å². The summed E-state index contributed by atoms with van der Waals surface area (Å²) in [6.45, 7) is 2.66. The predicted octanol–water partition coefficient (Wildman–Crippen LogP) is 2.37. The van der Waals surface area contributed by atoms with Gasteiger partial charge in [-0.1, -0.05) is 0 Å². The summed E-state index contributed by atoms with van der Waals surface area (Å²) in [5.41, 5.74) is 1.87. The number of pyridine rings is 1. The molecule has 0 N–H and O–H groups in total. The fraction of sp³-hybridized carbons (Fsp3) is 0.429. The van der Waals surface area contributed by atoms with E-state index < -0.39 is 4.92 Å². The van der Waals surface area contributed by atoms with E-state index in [1.165, 1.54) is 6.20 Å². The summed E-state index contributed by atoms with van der Waals surface area (Å²) in [5.74, 6) is 0.796. The first-order valence-corrected chi connectivity index (χ1v) is 6.92. The minimum Gasteiger partial charge on any atom is -0.349 e. The molecule has 2 aromatic rings. The lowest BCUT2D eigenvalue weighted by Gasteiger charge is -2.25. The van der Waals surface area contributed by atoms with Gasteiger partial charge in [-0.15, -0.1) is 0 Å². The number of rotatable bonds is 3. The van der Waals surface area contributed by atoms with Crippen LogP contribution in [0.2, 0.25) is 0 Å². The number of hydrogen-bond donors (Lipinski definition) is 0. The molecule has 1 aliphatic heterocycles. The smallest absolute Gasteiger partial charge is 0.290 e. The minimum absolute atomic E-state index is 0.0656. The van der Waals surface area contributed by atoms with E-state index in [4.69, 9.17) is 0 Å². The third kappa shape index (κ3) is 2.46. The Morgan fingerprint density at radius 1 is 1.43 bits per heavy atom. The fourth-order valence-electron chi connectivity index (χ4n) is 2.88. The van der Waals surface area contributed by atoms with Crippen molar-refractivity contribution in [3.63, 3.8) is 0 Å². The monoisotopic (exact) mass is 287 g/mol. The van der Waals surface area contributed by atoms with E-state index in [0.717, 1.165) is 30.8 Å². The second-order valence-electron chi connectivity index (χ2n) is 5.38. The SMILES string of the molecule is Cc1cc(N2CCCC2c2cnn(C)c2)ncc1[N+](=O)[O-]. The third-order valence-corrected chi connectivity index (χ3v) is 3.92. The molecule has 2 aromatic heterocycles. The highest BCUT2D eigenvalue weighted by atomic mass is 16.6. The lowest BCUT2D eigenvalue weighted by molar-refractivity contribution is -0.385. The topological polar surface area (TPSA) is 77.1 Å². The zero-order valence-corrected chi connectivity index (χ0v) is 12.1. The van der Waals surface area contributed by atoms with Crippen LogP contribution in [0.25, 0.3) is 0 Å². The normalized spacial score (nSPS) is 18.2. The van der Waals surface area contributed by atoms with Crippen LogP contribution in [0.5, 0.6) is 0 Å². The molecule has 0 aliphatic carbocycles. The molecule has 1 atom stereocenters. The number of anilines is 1. The van der Waals surface area contributed by atoms with Crippen molar-refractivity contribution >= 4 is 11.5 Å². The molecule has 0 bridgehead atoms. The van der Waals surface area contributed by atoms with Crippen LogP contribution in [0.3, 0.4) is 0 Å². The van der Waals surface area contributed by atoms with E-state index in [0.29, 0.717) is 5.56 Å². The first-order chi connectivity index (χ1) is 10.1. The van der Waals surface area contributed by atoms with Crippen molar-refractivity contribution < 1.29 is 4.92 Å².